The Morgan fingerprint density at radius 1 is 1.29 bits per heavy atom. The van der Waals surface area contributed by atoms with Crippen LogP contribution in [0.1, 0.15) is 16.1 Å². The van der Waals surface area contributed by atoms with E-state index in [9.17, 15) is 4.79 Å². The molecule has 0 saturated carbocycles. The molecule has 0 fully saturated rings. The highest BCUT2D eigenvalue weighted by atomic mass is 35.5. The summed E-state index contributed by atoms with van der Waals surface area (Å²) in [5, 5.41) is 0.611. The molecule has 4 heteroatoms. The number of aromatic nitrogens is 1. The minimum Gasteiger partial charge on any atom is -0.422 e. The Hall–Kier alpha value is -1.87. The van der Waals surface area contributed by atoms with Crippen LogP contribution < -0.4 is 4.74 Å². The van der Waals surface area contributed by atoms with E-state index in [0.717, 1.165) is 5.56 Å². The van der Waals surface area contributed by atoms with Crippen LogP contribution in [0, 0.1) is 6.92 Å². The lowest BCUT2D eigenvalue weighted by Gasteiger charge is -2.06. The molecule has 2 rings (SSSR count). The van der Waals surface area contributed by atoms with Gasteiger partial charge in [0.15, 0.2) is 0 Å². The number of carbonyl (C=O) groups is 1. The number of pyridine rings is 1. The fraction of sp³-hybridized carbons (Fsp3) is 0.0769. The fourth-order valence-electron chi connectivity index (χ4n) is 1.36. The molecule has 0 spiro atoms. The number of nitrogens with zero attached hydrogens (tertiary/aromatic N) is 1. The van der Waals surface area contributed by atoms with Crippen molar-refractivity contribution >= 4 is 17.6 Å². The van der Waals surface area contributed by atoms with Crippen LogP contribution in [0.3, 0.4) is 0 Å². The lowest BCUT2D eigenvalue weighted by molar-refractivity contribution is 0.0727. The highest BCUT2D eigenvalue weighted by molar-refractivity contribution is 6.30. The average molecular weight is 248 g/mol. The summed E-state index contributed by atoms with van der Waals surface area (Å²) in [6.45, 7) is 1.83. The Balaban J connectivity index is 2.19. The molecular weight excluding hydrogens is 238 g/mol. The summed E-state index contributed by atoms with van der Waals surface area (Å²) < 4.78 is 5.23. The lowest BCUT2D eigenvalue weighted by atomic mass is 10.2. The molecule has 1 aromatic heterocycles. The molecule has 0 aliphatic heterocycles. The molecule has 0 amide bonds. The summed E-state index contributed by atoms with van der Waals surface area (Å²) in [5.74, 6) is 0.0149. The second kappa shape index (κ2) is 4.97. The quantitative estimate of drug-likeness (QED) is 0.604. The Bertz CT molecular complexity index is 540. The van der Waals surface area contributed by atoms with Crippen molar-refractivity contribution in [2.24, 2.45) is 0 Å². The van der Waals surface area contributed by atoms with Gasteiger partial charge in [-0.1, -0.05) is 17.7 Å². The van der Waals surface area contributed by atoms with Crippen molar-refractivity contribution in [3.63, 3.8) is 0 Å². The normalized spacial score (nSPS) is 10.0. The van der Waals surface area contributed by atoms with Crippen molar-refractivity contribution in [3.05, 3.63) is 58.9 Å². The van der Waals surface area contributed by atoms with Crippen molar-refractivity contribution < 1.29 is 9.53 Å². The number of esters is 1. The minimum absolute atomic E-state index is 0.279. The lowest BCUT2D eigenvalue weighted by Crippen LogP contribution is -2.10. The number of benzene rings is 1. The van der Waals surface area contributed by atoms with Crippen LogP contribution in [-0.2, 0) is 0 Å². The SMILES string of the molecule is Cc1cc(Cl)ccc1OC(=O)c1ccccn1. The zero-order valence-corrected chi connectivity index (χ0v) is 9.94. The Morgan fingerprint density at radius 2 is 2.12 bits per heavy atom. The summed E-state index contributed by atoms with van der Waals surface area (Å²) in [7, 11) is 0. The fourth-order valence-corrected chi connectivity index (χ4v) is 1.59. The maximum atomic E-state index is 11.7. The molecule has 3 nitrogen and oxygen atoms in total. The van der Waals surface area contributed by atoms with Crippen molar-refractivity contribution in [1.29, 1.82) is 0 Å². The van der Waals surface area contributed by atoms with Gasteiger partial charge >= 0.3 is 5.97 Å². The summed E-state index contributed by atoms with van der Waals surface area (Å²) in [6.07, 6.45) is 1.55. The molecule has 0 N–H and O–H groups in total. The van der Waals surface area contributed by atoms with E-state index in [-0.39, 0.29) is 5.69 Å². The van der Waals surface area contributed by atoms with Crippen LogP contribution >= 0.6 is 11.6 Å². The number of rotatable bonds is 2. The third kappa shape index (κ3) is 2.82. The molecular formula is C13H10ClNO2. The monoisotopic (exact) mass is 247 g/mol. The molecule has 0 bridgehead atoms. The predicted molar refractivity (Wildman–Crippen MR) is 65.4 cm³/mol. The molecule has 0 saturated heterocycles. The van der Waals surface area contributed by atoms with Gasteiger partial charge in [0.25, 0.3) is 0 Å². The first-order valence-electron chi connectivity index (χ1n) is 5.06. The van der Waals surface area contributed by atoms with Gasteiger partial charge in [0.1, 0.15) is 11.4 Å². The van der Waals surface area contributed by atoms with Gasteiger partial charge in [-0.05, 0) is 42.8 Å². The van der Waals surface area contributed by atoms with E-state index in [1.165, 1.54) is 0 Å². The first kappa shape index (κ1) is 11.6. The van der Waals surface area contributed by atoms with Crippen LogP contribution in [-0.4, -0.2) is 11.0 Å². The van der Waals surface area contributed by atoms with Crippen LogP contribution in [0.5, 0.6) is 5.75 Å². The van der Waals surface area contributed by atoms with E-state index in [2.05, 4.69) is 4.98 Å². The van der Waals surface area contributed by atoms with E-state index in [4.69, 9.17) is 16.3 Å². The van der Waals surface area contributed by atoms with Crippen molar-refractivity contribution in [3.8, 4) is 5.75 Å². The van der Waals surface area contributed by atoms with Crippen LogP contribution in [0.15, 0.2) is 42.6 Å². The van der Waals surface area contributed by atoms with E-state index < -0.39 is 5.97 Å². The molecule has 1 aromatic carbocycles. The largest absolute Gasteiger partial charge is 0.422 e. The summed E-state index contributed by atoms with van der Waals surface area (Å²) in [6, 6.07) is 10.2. The molecule has 0 radical (unpaired) electrons. The molecule has 0 atom stereocenters. The topological polar surface area (TPSA) is 39.2 Å². The highest BCUT2D eigenvalue weighted by Crippen LogP contribution is 2.22. The van der Waals surface area contributed by atoms with Gasteiger partial charge in [-0.25, -0.2) is 9.78 Å². The van der Waals surface area contributed by atoms with Crippen molar-refractivity contribution in [2.75, 3.05) is 0 Å². The Kier molecular flexibility index (Phi) is 3.40. The van der Waals surface area contributed by atoms with Gasteiger partial charge in [-0.2, -0.15) is 0 Å². The van der Waals surface area contributed by atoms with Crippen LogP contribution in [0.25, 0.3) is 0 Å². The third-order valence-corrected chi connectivity index (χ3v) is 2.45. The smallest absolute Gasteiger partial charge is 0.362 e. The van der Waals surface area contributed by atoms with Crippen LogP contribution in [0.4, 0.5) is 0 Å². The zero-order chi connectivity index (χ0) is 12.3. The molecule has 17 heavy (non-hydrogen) atoms. The van der Waals surface area contributed by atoms with Gasteiger partial charge in [-0.3, -0.25) is 0 Å². The minimum atomic E-state index is -0.476. The molecule has 1 heterocycles. The number of hydrogen-bond acceptors (Lipinski definition) is 3. The van der Waals surface area contributed by atoms with Gasteiger partial charge in [-0.15, -0.1) is 0 Å². The Morgan fingerprint density at radius 3 is 2.76 bits per heavy atom. The first-order chi connectivity index (χ1) is 8.16. The second-order valence-electron chi connectivity index (χ2n) is 3.51. The zero-order valence-electron chi connectivity index (χ0n) is 9.18. The first-order valence-corrected chi connectivity index (χ1v) is 5.44. The van der Waals surface area contributed by atoms with Crippen molar-refractivity contribution in [2.45, 2.75) is 6.92 Å². The Labute approximate surface area is 104 Å². The molecule has 0 aliphatic rings. The number of hydrogen-bond donors (Lipinski definition) is 0. The summed E-state index contributed by atoms with van der Waals surface area (Å²) >= 11 is 5.82. The van der Waals surface area contributed by atoms with E-state index in [0.29, 0.717) is 10.8 Å². The third-order valence-electron chi connectivity index (χ3n) is 2.21. The van der Waals surface area contributed by atoms with Gasteiger partial charge in [0, 0.05) is 11.2 Å². The standard InChI is InChI=1S/C13H10ClNO2/c1-9-8-10(14)5-6-12(9)17-13(16)11-4-2-3-7-15-11/h2-8H,1H3. The predicted octanol–water partition coefficient (Wildman–Crippen LogP) is 3.26. The maximum absolute atomic E-state index is 11.7. The summed E-state index contributed by atoms with van der Waals surface area (Å²) in [5.41, 5.74) is 1.09. The van der Waals surface area contributed by atoms with E-state index >= 15 is 0 Å². The second-order valence-corrected chi connectivity index (χ2v) is 3.95. The molecule has 0 aliphatic carbocycles. The average Bonchev–Trinajstić information content (AvgIpc) is 2.34. The molecule has 0 unspecified atom stereocenters. The number of ether oxygens (including phenoxy) is 1. The number of aryl methyl sites for hydroxylation is 1. The van der Waals surface area contributed by atoms with Crippen molar-refractivity contribution in [1.82, 2.24) is 4.98 Å². The summed E-state index contributed by atoms with van der Waals surface area (Å²) in [4.78, 5) is 15.7. The van der Waals surface area contributed by atoms with E-state index in [1.807, 2.05) is 6.92 Å². The highest BCUT2D eigenvalue weighted by Gasteiger charge is 2.10. The molecule has 86 valence electrons. The van der Waals surface area contributed by atoms with Gasteiger partial charge in [0.2, 0.25) is 0 Å². The van der Waals surface area contributed by atoms with Crippen LogP contribution in [0.2, 0.25) is 5.02 Å². The number of halogens is 1. The number of carbonyl (C=O) groups excluding carboxylic acids is 1. The maximum Gasteiger partial charge on any atom is 0.362 e. The molecule has 2 aromatic rings. The van der Waals surface area contributed by atoms with Gasteiger partial charge < -0.3 is 4.74 Å². The van der Waals surface area contributed by atoms with E-state index in [1.54, 1.807) is 42.6 Å². The van der Waals surface area contributed by atoms with Gasteiger partial charge in [0.05, 0.1) is 0 Å².